The lowest BCUT2D eigenvalue weighted by molar-refractivity contribution is -0.140. The zero-order valence-electron chi connectivity index (χ0n) is 22.6. The Bertz CT molecular complexity index is 1540. The van der Waals surface area contributed by atoms with E-state index in [1.54, 1.807) is 0 Å². The lowest BCUT2D eigenvalue weighted by atomic mass is 9.81. The van der Waals surface area contributed by atoms with E-state index in [0.717, 1.165) is 32.3 Å². The number of aliphatic imine (C=N–C) groups is 1. The second-order valence-corrected chi connectivity index (χ2v) is 11.4. The van der Waals surface area contributed by atoms with Crippen LogP contribution in [-0.2, 0) is 29.0 Å². The maximum atomic E-state index is 14.8. The number of carbonyl (C=O) groups is 1. The van der Waals surface area contributed by atoms with Gasteiger partial charge in [-0.25, -0.2) is 4.99 Å². The first-order valence-corrected chi connectivity index (χ1v) is 14.6. The number of benzene rings is 4. The highest BCUT2D eigenvalue weighted by Gasteiger charge is 2.56. The molecule has 2 atom stereocenters. The van der Waals surface area contributed by atoms with Gasteiger partial charge in [-0.15, -0.1) is 0 Å². The lowest BCUT2D eigenvalue weighted by Gasteiger charge is -2.32. The molecule has 0 bridgehead atoms. The van der Waals surface area contributed by atoms with E-state index in [4.69, 9.17) is 19.6 Å². The maximum Gasteiger partial charge on any atom is 0.255 e. The maximum absolute atomic E-state index is 14.8. The van der Waals surface area contributed by atoms with Crippen molar-refractivity contribution < 1.29 is 19.4 Å². The van der Waals surface area contributed by atoms with Crippen LogP contribution in [0.2, 0.25) is 0 Å². The topological polar surface area (TPSA) is 71.4 Å². The molecular weight excluding hydrogens is 580 g/mol. The van der Waals surface area contributed by atoms with E-state index < -0.39 is 11.6 Å². The van der Waals surface area contributed by atoms with Gasteiger partial charge in [-0.3, -0.25) is 4.79 Å². The molecule has 0 unspecified atom stereocenters. The van der Waals surface area contributed by atoms with E-state index in [9.17, 15) is 4.79 Å². The number of carbonyl (C=O) groups excluding carboxylic acids is 1. The first-order chi connectivity index (χ1) is 20.1. The molecule has 0 fully saturated rings. The average Bonchev–Trinajstić information content (AvgIpc) is 3.35. The molecule has 41 heavy (non-hydrogen) atoms. The minimum Gasteiger partial charge on any atom is -0.494 e. The normalized spacial score (nSPS) is 19.6. The SMILES string of the molecule is O=C1N(Cc2ccccc2)Cc2ccccc2[C@@H]2OC(c3ccc(OCCCO)cc3)=N[C@]12Cc1ccc(Br)cc1. The van der Waals surface area contributed by atoms with Crippen molar-refractivity contribution in [2.45, 2.75) is 37.6 Å². The van der Waals surface area contributed by atoms with Crippen LogP contribution in [0.5, 0.6) is 5.75 Å². The van der Waals surface area contributed by atoms with Gasteiger partial charge in [-0.05, 0) is 53.1 Å². The number of aliphatic hydroxyl groups excluding tert-OH is 1. The highest BCUT2D eigenvalue weighted by atomic mass is 79.9. The predicted molar refractivity (Wildman–Crippen MR) is 162 cm³/mol. The molecule has 1 amide bonds. The zero-order valence-corrected chi connectivity index (χ0v) is 24.2. The second-order valence-electron chi connectivity index (χ2n) is 10.4. The van der Waals surface area contributed by atoms with Gasteiger partial charge in [0, 0.05) is 48.1 Å². The third-order valence-corrected chi connectivity index (χ3v) is 8.12. The Morgan fingerprint density at radius 2 is 1.66 bits per heavy atom. The Kier molecular flexibility index (Phi) is 7.90. The van der Waals surface area contributed by atoms with Crippen LogP contribution in [-0.4, -0.2) is 40.6 Å². The van der Waals surface area contributed by atoms with Gasteiger partial charge in [0.1, 0.15) is 5.75 Å². The van der Waals surface area contributed by atoms with Gasteiger partial charge in [-0.1, -0.05) is 82.7 Å². The number of ether oxygens (including phenoxy) is 2. The van der Waals surface area contributed by atoms with Crippen LogP contribution in [0.25, 0.3) is 0 Å². The fraction of sp³-hybridized carbons (Fsp3) is 0.235. The monoisotopic (exact) mass is 610 g/mol. The van der Waals surface area contributed by atoms with Crippen LogP contribution in [0.3, 0.4) is 0 Å². The molecule has 2 aliphatic rings. The Morgan fingerprint density at radius 1 is 0.927 bits per heavy atom. The minimum atomic E-state index is -1.18. The largest absolute Gasteiger partial charge is 0.494 e. The summed E-state index contributed by atoms with van der Waals surface area (Å²) in [7, 11) is 0. The van der Waals surface area contributed by atoms with Gasteiger partial charge in [0.2, 0.25) is 5.90 Å². The van der Waals surface area contributed by atoms with Crippen molar-refractivity contribution in [2.24, 2.45) is 4.99 Å². The number of amides is 1. The number of aliphatic hydroxyl groups is 1. The van der Waals surface area contributed by atoms with Crippen molar-refractivity contribution in [3.63, 3.8) is 0 Å². The van der Waals surface area contributed by atoms with Gasteiger partial charge in [-0.2, -0.15) is 0 Å². The molecule has 0 aliphatic carbocycles. The predicted octanol–water partition coefficient (Wildman–Crippen LogP) is 6.25. The highest BCUT2D eigenvalue weighted by Crippen LogP contribution is 2.47. The summed E-state index contributed by atoms with van der Waals surface area (Å²) in [5.41, 5.74) is 3.71. The fourth-order valence-corrected chi connectivity index (χ4v) is 5.84. The quantitative estimate of drug-likeness (QED) is 0.227. The molecule has 0 saturated heterocycles. The molecule has 1 N–H and O–H groups in total. The van der Waals surface area contributed by atoms with Gasteiger partial charge in [0.15, 0.2) is 11.6 Å². The lowest BCUT2D eigenvalue weighted by Crippen LogP contribution is -2.49. The van der Waals surface area contributed by atoms with Gasteiger partial charge < -0.3 is 19.5 Å². The van der Waals surface area contributed by atoms with E-state index in [-0.39, 0.29) is 12.5 Å². The summed E-state index contributed by atoms with van der Waals surface area (Å²) >= 11 is 3.53. The molecule has 2 aliphatic heterocycles. The highest BCUT2D eigenvalue weighted by molar-refractivity contribution is 9.10. The summed E-state index contributed by atoms with van der Waals surface area (Å²) in [4.78, 5) is 21.9. The first-order valence-electron chi connectivity index (χ1n) is 13.8. The molecule has 0 radical (unpaired) electrons. The Balaban J connectivity index is 1.44. The van der Waals surface area contributed by atoms with Crippen LogP contribution >= 0.6 is 15.9 Å². The summed E-state index contributed by atoms with van der Waals surface area (Å²) in [5, 5.41) is 9.04. The third kappa shape index (κ3) is 5.65. The zero-order chi connectivity index (χ0) is 28.2. The average molecular weight is 612 g/mol. The molecule has 6 nitrogen and oxygen atoms in total. The molecule has 7 heteroatoms. The Morgan fingerprint density at radius 3 is 2.41 bits per heavy atom. The van der Waals surface area contributed by atoms with Crippen LogP contribution in [0, 0.1) is 0 Å². The van der Waals surface area contributed by atoms with Crippen molar-refractivity contribution in [3.05, 3.63) is 135 Å². The van der Waals surface area contributed by atoms with E-state index >= 15 is 0 Å². The molecule has 4 aromatic rings. The van der Waals surface area contributed by atoms with Crippen molar-refractivity contribution in [2.75, 3.05) is 13.2 Å². The van der Waals surface area contributed by atoms with Crippen molar-refractivity contribution >= 4 is 27.7 Å². The third-order valence-electron chi connectivity index (χ3n) is 7.60. The molecule has 6 rings (SSSR count). The minimum absolute atomic E-state index is 0.0515. The number of hydrogen-bond acceptors (Lipinski definition) is 5. The van der Waals surface area contributed by atoms with E-state index in [1.807, 2.05) is 95.9 Å². The number of halogens is 1. The molecule has 0 spiro atoms. The fourth-order valence-electron chi connectivity index (χ4n) is 5.57. The van der Waals surface area contributed by atoms with Crippen LogP contribution < -0.4 is 4.74 Å². The molecule has 0 aromatic heterocycles. The number of nitrogens with zero attached hydrogens (tertiary/aromatic N) is 2. The summed E-state index contributed by atoms with van der Waals surface area (Å²) in [5.74, 6) is 1.10. The van der Waals surface area contributed by atoms with Crippen LogP contribution in [0.1, 0.15) is 40.3 Å². The van der Waals surface area contributed by atoms with Gasteiger partial charge in [0.25, 0.3) is 5.91 Å². The summed E-state index contributed by atoms with van der Waals surface area (Å²) in [6.45, 7) is 1.49. The first kappa shape index (κ1) is 27.2. The Hall–Kier alpha value is -3.94. The number of hydrogen-bond donors (Lipinski definition) is 1. The molecule has 0 saturated carbocycles. The van der Waals surface area contributed by atoms with Crippen molar-refractivity contribution in [1.82, 2.24) is 4.90 Å². The number of fused-ring (bicyclic) bond motifs is 3. The summed E-state index contributed by atoms with van der Waals surface area (Å²) in [6.07, 6.45) is 0.389. The summed E-state index contributed by atoms with van der Waals surface area (Å²) in [6, 6.07) is 33.8. The molecule has 2 heterocycles. The van der Waals surface area contributed by atoms with Crippen molar-refractivity contribution in [1.29, 1.82) is 0 Å². The number of rotatable bonds is 9. The van der Waals surface area contributed by atoms with E-state index in [2.05, 4.69) is 28.1 Å². The summed E-state index contributed by atoms with van der Waals surface area (Å²) < 4.78 is 13.4. The second kappa shape index (κ2) is 11.9. The molecule has 4 aromatic carbocycles. The Labute approximate surface area is 248 Å². The van der Waals surface area contributed by atoms with Crippen LogP contribution in [0.4, 0.5) is 0 Å². The van der Waals surface area contributed by atoms with Gasteiger partial charge in [0.05, 0.1) is 6.61 Å². The molecular formula is C34H31BrN2O4. The van der Waals surface area contributed by atoms with Crippen molar-refractivity contribution in [3.8, 4) is 5.75 Å². The smallest absolute Gasteiger partial charge is 0.255 e. The van der Waals surface area contributed by atoms with Gasteiger partial charge >= 0.3 is 0 Å². The molecule has 208 valence electrons. The van der Waals surface area contributed by atoms with E-state index in [1.165, 1.54) is 0 Å². The van der Waals surface area contributed by atoms with E-state index in [0.29, 0.717) is 44.2 Å². The van der Waals surface area contributed by atoms with Crippen LogP contribution in [0.15, 0.2) is 113 Å². The standard InChI is InChI=1S/C34H31BrN2O4/c35-28-15-11-24(12-16-28)21-34-31(41-32(36-34)26-13-17-29(18-14-26)40-20-6-19-38)30-10-5-4-9-27(30)23-37(33(34)39)22-25-7-2-1-3-8-25/h1-5,7-18,31,38H,6,19-23H2/t31-,34-/m0/s1.